The Morgan fingerprint density at radius 2 is 1.50 bits per heavy atom. The van der Waals surface area contributed by atoms with Crippen LogP contribution < -0.4 is 0 Å². The molecule has 3 nitrogen and oxygen atoms in total. The minimum Gasteiger partial charge on any atom is -0.469 e. The Kier molecular flexibility index (Phi) is 6.46. The number of ether oxygens (including phenoxy) is 2. The molecule has 2 aromatic carbocycles. The Morgan fingerprint density at radius 1 is 0.958 bits per heavy atom. The lowest BCUT2D eigenvalue weighted by Crippen LogP contribution is -2.42. The van der Waals surface area contributed by atoms with Crippen LogP contribution in [-0.4, -0.2) is 26.3 Å². The van der Waals surface area contributed by atoms with Crippen LogP contribution in [0, 0.1) is 5.41 Å². The SMILES string of the molecule is COC(=O)C(C)(C)[C@@H](OC)[C@H](Sc1ccccc1)c1ccccc1. The number of hydrogen-bond acceptors (Lipinski definition) is 4. The molecule has 4 heteroatoms. The molecular formula is C20H24O3S. The lowest BCUT2D eigenvalue weighted by molar-refractivity contribution is -0.158. The van der Waals surface area contributed by atoms with Gasteiger partial charge in [-0.3, -0.25) is 4.79 Å². The first-order valence-corrected chi connectivity index (χ1v) is 8.76. The molecule has 0 spiro atoms. The summed E-state index contributed by atoms with van der Waals surface area (Å²) in [6.07, 6.45) is -0.336. The van der Waals surface area contributed by atoms with E-state index in [0.717, 1.165) is 10.5 Å². The quantitative estimate of drug-likeness (QED) is 0.537. The van der Waals surface area contributed by atoms with Crippen LogP contribution in [-0.2, 0) is 14.3 Å². The smallest absolute Gasteiger partial charge is 0.313 e. The van der Waals surface area contributed by atoms with Crippen LogP contribution in [0.25, 0.3) is 0 Å². The second-order valence-electron chi connectivity index (χ2n) is 6.13. The van der Waals surface area contributed by atoms with E-state index >= 15 is 0 Å². The number of rotatable bonds is 7. The predicted molar refractivity (Wildman–Crippen MR) is 98.1 cm³/mol. The minimum atomic E-state index is -0.772. The van der Waals surface area contributed by atoms with E-state index in [4.69, 9.17) is 9.47 Å². The molecule has 2 aromatic rings. The second-order valence-corrected chi connectivity index (χ2v) is 7.35. The van der Waals surface area contributed by atoms with Crippen molar-refractivity contribution in [2.24, 2.45) is 5.41 Å². The molecule has 0 bridgehead atoms. The fraction of sp³-hybridized carbons (Fsp3) is 0.350. The van der Waals surface area contributed by atoms with Crippen LogP contribution in [0.4, 0.5) is 0 Å². The van der Waals surface area contributed by atoms with Gasteiger partial charge in [0.1, 0.15) is 0 Å². The molecule has 0 saturated heterocycles. The Hall–Kier alpha value is -1.78. The van der Waals surface area contributed by atoms with Gasteiger partial charge in [-0.1, -0.05) is 48.5 Å². The number of methoxy groups -OCH3 is 2. The van der Waals surface area contributed by atoms with Crippen molar-refractivity contribution >= 4 is 17.7 Å². The molecule has 2 atom stereocenters. The largest absolute Gasteiger partial charge is 0.469 e. The van der Waals surface area contributed by atoms with Gasteiger partial charge < -0.3 is 9.47 Å². The van der Waals surface area contributed by atoms with Crippen LogP contribution in [0.1, 0.15) is 24.7 Å². The van der Waals surface area contributed by atoms with E-state index < -0.39 is 5.41 Å². The lowest BCUT2D eigenvalue weighted by Gasteiger charge is -2.36. The van der Waals surface area contributed by atoms with Crippen LogP contribution in [0.2, 0.25) is 0 Å². The van der Waals surface area contributed by atoms with Gasteiger partial charge >= 0.3 is 5.97 Å². The Morgan fingerprint density at radius 3 is 2.00 bits per heavy atom. The number of carbonyl (C=O) groups is 1. The zero-order chi connectivity index (χ0) is 17.6. The molecule has 0 aliphatic carbocycles. The number of carbonyl (C=O) groups excluding carboxylic acids is 1. The van der Waals surface area contributed by atoms with Gasteiger partial charge in [0.15, 0.2) is 0 Å². The van der Waals surface area contributed by atoms with Crippen LogP contribution in [0.15, 0.2) is 65.6 Å². The molecule has 0 radical (unpaired) electrons. The van der Waals surface area contributed by atoms with Gasteiger partial charge in [-0.15, -0.1) is 11.8 Å². The van der Waals surface area contributed by atoms with Crippen LogP contribution in [0.3, 0.4) is 0 Å². The molecule has 0 unspecified atom stereocenters. The minimum absolute atomic E-state index is 0.0345. The van der Waals surface area contributed by atoms with E-state index in [-0.39, 0.29) is 17.3 Å². The number of esters is 1. The van der Waals surface area contributed by atoms with Gasteiger partial charge in [-0.05, 0) is 31.5 Å². The zero-order valence-electron chi connectivity index (χ0n) is 14.6. The summed E-state index contributed by atoms with van der Waals surface area (Å²) >= 11 is 1.70. The number of thioether (sulfide) groups is 1. The summed E-state index contributed by atoms with van der Waals surface area (Å²) in [5, 5.41) is -0.0345. The van der Waals surface area contributed by atoms with Gasteiger partial charge in [0.05, 0.1) is 23.9 Å². The topological polar surface area (TPSA) is 35.5 Å². The standard InChI is InChI=1S/C20H24O3S/c1-20(2,19(21)23-4)18(22-3)17(15-11-7-5-8-12-15)24-16-13-9-6-10-14-16/h5-14,17-18H,1-4H3/t17-,18+/m1/s1. The monoisotopic (exact) mass is 344 g/mol. The molecule has 0 fully saturated rings. The van der Waals surface area contributed by atoms with Crippen molar-refractivity contribution in [2.75, 3.05) is 14.2 Å². The van der Waals surface area contributed by atoms with Crippen molar-refractivity contribution < 1.29 is 14.3 Å². The van der Waals surface area contributed by atoms with Gasteiger partial charge in [-0.2, -0.15) is 0 Å². The molecule has 0 aromatic heterocycles. The van der Waals surface area contributed by atoms with E-state index in [1.54, 1.807) is 18.9 Å². The molecule has 0 heterocycles. The summed E-state index contributed by atoms with van der Waals surface area (Å²) in [5.41, 5.74) is 0.349. The molecule has 0 N–H and O–H groups in total. The number of hydrogen-bond donors (Lipinski definition) is 0. The van der Waals surface area contributed by atoms with E-state index in [0.29, 0.717) is 0 Å². The van der Waals surface area contributed by atoms with Crippen molar-refractivity contribution in [1.29, 1.82) is 0 Å². The average Bonchev–Trinajstić information content (AvgIpc) is 2.62. The van der Waals surface area contributed by atoms with Crippen molar-refractivity contribution in [1.82, 2.24) is 0 Å². The third kappa shape index (κ3) is 4.19. The maximum Gasteiger partial charge on any atom is 0.313 e. The summed E-state index contributed by atoms with van der Waals surface area (Å²) in [6.45, 7) is 3.74. The van der Waals surface area contributed by atoms with E-state index in [2.05, 4.69) is 24.3 Å². The Balaban J connectivity index is 2.42. The maximum absolute atomic E-state index is 12.3. The van der Waals surface area contributed by atoms with Crippen molar-refractivity contribution in [3.05, 3.63) is 66.2 Å². The van der Waals surface area contributed by atoms with E-state index in [1.807, 2.05) is 50.2 Å². The highest BCUT2D eigenvalue weighted by Gasteiger charge is 2.43. The normalized spacial score (nSPS) is 14.0. The van der Waals surface area contributed by atoms with Crippen molar-refractivity contribution in [3.8, 4) is 0 Å². The predicted octanol–water partition coefficient (Wildman–Crippen LogP) is 4.73. The lowest BCUT2D eigenvalue weighted by atomic mass is 9.82. The highest BCUT2D eigenvalue weighted by molar-refractivity contribution is 7.99. The number of benzene rings is 2. The van der Waals surface area contributed by atoms with Gasteiger partial charge in [0.2, 0.25) is 0 Å². The van der Waals surface area contributed by atoms with E-state index in [1.165, 1.54) is 7.11 Å². The zero-order valence-corrected chi connectivity index (χ0v) is 15.4. The van der Waals surface area contributed by atoms with Crippen molar-refractivity contribution in [2.45, 2.75) is 30.1 Å². The second kappa shape index (κ2) is 8.36. The summed E-state index contributed by atoms with van der Waals surface area (Å²) in [5.74, 6) is -0.274. The molecule has 24 heavy (non-hydrogen) atoms. The highest BCUT2D eigenvalue weighted by Crippen LogP contribution is 2.45. The first-order chi connectivity index (χ1) is 11.5. The Labute approximate surface area is 148 Å². The van der Waals surface area contributed by atoms with E-state index in [9.17, 15) is 4.79 Å². The highest BCUT2D eigenvalue weighted by atomic mass is 32.2. The maximum atomic E-state index is 12.3. The van der Waals surface area contributed by atoms with Gasteiger partial charge in [0.25, 0.3) is 0 Å². The first kappa shape index (κ1) is 18.6. The molecule has 0 saturated carbocycles. The van der Waals surface area contributed by atoms with Gasteiger partial charge in [-0.25, -0.2) is 0 Å². The fourth-order valence-electron chi connectivity index (χ4n) is 2.77. The summed E-state index contributed by atoms with van der Waals surface area (Å²) in [4.78, 5) is 13.4. The third-order valence-corrected chi connectivity index (χ3v) is 5.40. The molecule has 2 rings (SSSR count). The van der Waals surface area contributed by atoms with Crippen LogP contribution in [0.5, 0.6) is 0 Å². The molecule has 0 aliphatic heterocycles. The van der Waals surface area contributed by atoms with Crippen molar-refractivity contribution in [3.63, 3.8) is 0 Å². The summed E-state index contributed by atoms with van der Waals surface area (Å²) in [7, 11) is 3.06. The molecule has 128 valence electrons. The first-order valence-electron chi connectivity index (χ1n) is 7.88. The van der Waals surface area contributed by atoms with Gasteiger partial charge in [0, 0.05) is 12.0 Å². The molecular weight excluding hydrogens is 320 g/mol. The summed E-state index contributed by atoms with van der Waals surface area (Å²) in [6, 6.07) is 20.3. The average molecular weight is 344 g/mol. The Bertz CT molecular complexity index is 640. The third-order valence-electron chi connectivity index (χ3n) is 4.09. The molecule has 0 aliphatic rings. The fourth-order valence-corrected chi connectivity index (χ4v) is 4.24. The molecule has 0 amide bonds. The summed E-state index contributed by atoms with van der Waals surface area (Å²) < 4.78 is 10.8. The van der Waals surface area contributed by atoms with Crippen LogP contribution >= 0.6 is 11.8 Å².